The van der Waals surface area contributed by atoms with Gasteiger partial charge in [0.15, 0.2) is 16.6 Å². The largest absolute Gasteiger partial charge is 0.494 e. The molecule has 6 heteroatoms. The Balaban J connectivity index is 1.51. The Hall–Kier alpha value is -2.47. The first kappa shape index (κ1) is 15.4. The normalized spacial score (nSPS) is 11.9. The van der Waals surface area contributed by atoms with Crippen LogP contribution in [0.3, 0.4) is 0 Å². The molecular weight excluding hydrogens is 312 g/mol. The van der Waals surface area contributed by atoms with E-state index in [4.69, 9.17) is 26.4 Å². The molecular formula is C17H18N2O3S. The number of anilines is 1. The third-order valence-corrected chi connectivity index (χ3v) is 3.56. The molecule has 0 saturated heterocycles. The first-order chi connectivity index (χ1) is 11.2. The molecule has 1 heterocycles. The Morgan fingerprint density at radius 1 is 1.13 bits per heavy atom. The number of benzene rings is 2. The number of nitrogens with one attached hydrogen (secondary N) is 2. The van der Waals surface area contributed by atoms with Crippen LogP contribution in [0, 0.1) is 0 Å². The second-order valence-electron chi connectivity index (χ2n) is 4.95. The van der Waals surface area contributed by atoms with E-state index in [1.165, 1.54) is 0 Å². The van der Waals surface area contributed by atoms with Crippen molar-refractivity contribution in [2.45, 2.75) is 13.5 Å². The van der Waals surface area contributed by atoms with Gasteiger partial charge in [-0.2, -0.15) is 0 Å². The second-order valence-corrected chi connectivity index (χ2v) is 5.36. The van der Waals surface area contributed by atoms with E-state index in [-0.39, 0.29) is 6.79 Å². The quantitative estimate of drug-likeness (QED) is 0.821. The highest BCUT2D eigenvalue weighted by molar-refractivity contribution is 7.80. The zero-order valence-electron chi connectivity index (χ0n) is 12.8. The predicted molar refractivity (Wildman–Crippen MR) is 93.2 cm³/mol. The van der Waals surface area contributed by atoms with Crippen molar-refractivity contribution >= 4 is 23.0 Å². The van der Waals surface area contributed by atoms with Gasteiger partial charge in [0.05, 0.1) is 6.61 Å². The minimum absolute atomic E-state index is 0.263. The van der Waals surface area contributed by atoms with Crippen LogP contribution in [0.5, 0.6) is 17.2 Å². The molecule has 0 radical (unpaired) electrons. The van der Waals surface area contributed by atoms with Crippen LogP contribution in [0.4, 0.5) is 5.69 Å². The van der Waals surface area contributed by atoms with Crippen molar-refractivity contribution in [3.05, 3.63) is 48.0 Å². The lowest BCUT2D eigenvalue weighted by atomic mass is 10.2. The second kappa shape index (κ2) is 7.19. The number of hydrogen-bond donors (Lipinski definition) is 2. The molecule has 3 rings (SSSR count). The number of ether oxygens (including phenoxy) is 3. The van der Waals surface area contributed by atoms with Crippen molar-refractivity contribution in [3.63, 3.8) is 0 Å². The maximum Gasteiger partial charge on any atom is 0.231 e. The van der Waals surface area contributed by atoms with E-state index < -0.39 is 0 Å². The molecule has 1 aliphatic rings. The fraction of sp³-hybridized carbons (Fsp3) is 0.235. The minimum Gasteiger partial charge on any atom is -0.494 e. The molecule has 0 saturated carbocycles. The summed E-state index contributed by atoms with van der Waals surface area (Å²) in [4.78, 5) is 0. The minimum atomic E-state index is 0.263. The summed E-state index contributed by atoms with van der Waals surface area (Å²) >= 11 is 5.31. The zero-order chi connectivity index (χ0) is 16.1. The smallest absolute Gasteiger partial charge is 0.231 e. The Kier molecular flexibility index (Phi) is 4.83. The maximum atomic E-state index is 5.42. The van der Waals surface area contributed by atoms with Gasteiger partial charge in [0.1, 0.15) is 5.75 Å². The van der Waals surface area contributed by atoms with Crippen LogP contribution in [0.1, 0.15) is 12.5 Å². The van der Waals surface area contributed by atoms with E-state index in [2.05, 4.69) is 10.6 Å². The van der Waals surface area contributed by atoms with Gasteiger partial charge in [-0.1, -0.05) is 12.1 Å². The summed E-state index contributed by atoms with van der Waals surface area (Å²) in [6.45, 7) is 3.54. The van der Waals surface area contributed by atoms with Crippen LogP contribution >= 0.6 is 12.2 Å². The summed E-state index contributed by atoms with van der Waals surface area (Å²) in [6.07, 6.45) is 0. The molecule has 0 fully saturated rings. The maximum absolute atomic E-state index is 5.42. The monoisotopic (exact) mass is 330 g/mol. The van der Waals surface area contributed by atoms with Gasteiger partial charge in [-0.15, -0.1) is 0 Å². The van der Waals surface area contributed by atoms with Gasteiger partial charge < -0.3 is 24.8 Å². The van der Waals surface area contributed by atoms with Crippen LogP contribution in [0.25, 0.3) is 0 Å². The average Bonchev–Trinajstić information content (AvgIpc) is 3.02. The van der Waals surface area contributed by atoms with Gasteiger partial charge in [-0.3, -0.25) is 0 Å². The lowest BCUT2D eigenvalue weighted by Crippen LogP contribution is -2.27. The van der Waals surface area contributed by atoms with Gasteiger partial charge in [0, 0.05) is 18.3 Å². The van der Waals surface area contributed by atoms with Crippen molar-refractivity contribution in [1.29, 1.82) is 0 Å². The Labute approximate surface area is 140 Å². The SMILES string of the molecule is CCOc1ccc(CNC(=S)Nc2ccc3c(c2)OCO3)cc1. The van der Waals surface area contributed by atoms with E-state index in [0.717, 1.165) is 28.5 Å². The fourth-order valence-electron chi connectivity index (χ4n) is 2.20. The molecule has 0 bridgehead atoms. The van der Waals surface area contributed by atoms with Crippen molar-refractivity contribution < 1.29 is 14.2 Å². The molecule has 2 aromatic carbocycles. The van der Waals surface area contributed by atoms with Crippen molar-refractivity contribution in [3.8, 4) is 17.2 Å². The first-order valence-corrected chi connectivity index (χ1v) is 7.81. The number of fused-ring (bicyclic) bond motifs is 1. The Morgan fingerprint density at radius 3 is 2.70 bits per heavy atom. The van der Waals surface area contributed by atoms with Crippen LogP contribution in [-0.2, 0) is 6.54 Å². The molecule has 0 spiro atoms. The number of rotatable bonds is 5. The molecule has 0 aliphatic carbocycles. The van der Waals surface area contributed by atoms with E-state index in [0.29, 0.717) is 18.3 Å². The van der Waals surface area contributed by atoms with Gasteiger partial charge in [0.2, 0.25) is 6.79 Å². The third kappa shape index (κ3) is 4.04. The van der Waals surface area contributed by atoms with Crippen LogP contribution in [0.2, 0.25) is 0 Å². The fourth-order valence-corrected chi connectivity index (χ4v) is 2.39. The van der Waals surface area contributed by atoms with E-state index in [9.17, 15) is 0 Å². The van der Waals surface area contributed by atoms with Gasteiger partial charge in [0.25, 0.3) is 0 Å². The standard InChI is InChI=1S/C17H18N2O3S/c1-2-20-14-6-3-12(4-7-14)10-18-17(23)19-13-5-8-15-16(9-13)22-11-21-15/h3-9H,2,10-11H2,1H3,(H2,18,19,23). The third-order valence-electron chi connectivity index (χ3n) is 3.32. The molecule has 1 aliphatic heterocycles. The predicted octanol–water partition coefficient (Wildman–Crippen LogP) is 3.30. The number of hydrogen-bond acceptors (Lipinski definition) is 4. The highest BCUT2D eigenvalue weighted by Gasteiger charge is 2.13. The van der Waals surface area contributed by atoms with Crippen LogP contribution < -0.4 is 24.8 Å². The highest BCUT2D eigenvalue weighted by Crippen LogP contribution is 2.34. The molecule has 0 amide bonds. The van der Waals surface area contributed by atoms with E-state index in [1.54, 1.807) is 0 Å². The van der Waals surface area contributed by atoms with Crippen molar-refractivity contribution in [2.75, 3.05) is 18.7 Å². The summed E-state index contributed by atoms with van der Waals surface area (Å²) < 4.78 is 16.0. The summed E-state index contributed by atoms with van der Waals surface area (Å²) in [5, 5.41) is 6.86. The zero-order valence-corrected chi connectivity index (χ0v) is 13.6. The summed E-state index contributed by atoms with van der Waals surface area (Å²) in [5.74, 6) is 2.35. The van der Waals surface area contributed by atoms with Crippen molar-refractivity contribution in [2.24, 2.45) is 0 Å². The molecule has 5 nitrogen and oxygen atoms in total. The lowest BCUT2D eigenvalue weighted by Gasteiger charge is -2.11. The van der Waals surface area contributed by atoms with E-state index in [1.807, 2.05) is 49.4 Å². The van der Waals surface area contributed by atoms with E-state index >= 15 is 0 Å². The number of thiocarbonyl (C=S) groups is 1. The molecule has 120 valence electrons. The summed E-state index contributed by atoms with van der Waals surface area (Å²) in [6, 6.07) is 13.6. The molecule has 0 atom stereocenters. The van der Waals surface area contributed by atoms with Crippen molar-refractivity contribution in [1.82, 2.24) is 5.32 Å². The summed E-state index contributed by atoms with van der Waals surface area (Å²) in [5.41, 5.74) is 1.99. The highest BCUT2D eigenvalue weighted by atomic mass is 32.1. The molecule has 2 N–H and O–H groups in total. The molecule has 0 unspecified atom stereocenters. The van der Waals surface area contributed by atoms with Gasteiger partial charge in [-0.05, 0) is 49.0 Å². The van der Waals surface area contributed by atoms with Gasteiger partial charge in [-0.25, -0.2) is 0 Å². The first-order valence-electron chi connectivity index (χ1n) is 7.41. The Bertz CT molecular complexity index is 689. The molecule has 23 heavy (non-hydrogen) atoms. The average molecular weight is 330 g/mol. The lowest BCUT2D eigenvalue weighted by molar-refractivity contribution is 0.174. The molecule has 2 aromatic rings. The topological polar surface area (TPSA) is 51.8 Å². The Morgan fingerprint density at radius 2 is 1.91 bits per heavy atom. The van der Waals surface area contributed by atoms with Crippen LogP contribution in [-0.4, -0.2) is 18.5 Å². The van der Waals surface area contributed by atoms with Crippen LogP contribution in [0.15, 0.2) is 42.5 Å². The summed E-state index contributed by atoms with van der Waals surface area (Å²) in [7, 11) is 0. The van der Waals surface area contributed by atoms with Gasteiger partial charge >= 0.3 is 0 Å². The molecule has 0 aromatic heterocycles.